The zero-order valence-electron chi connectivity index (χ0n) is 13.0. The second-order valence-corrected chi connectivity index (χ2v) is 6.24. The maximum Gasteiger partial charge on any atom is 0.332 e. The number of carbonyl (C=O) groups excluding carboxylic acids is 1. The summed E-state index contributed by atoms with van der Waals surface area (Å²) in [6.07, 6.45) is 4.37. The molecule has 6 nitrogen and oxygen atoms in total. The molecule has 0 saturated heterocycles. The third kappa shape index (κ3) is 3.61. The number of amides is 1. The Kier molecular flexibility index (Phi) is 5.45. The van der Waals surface area contributed by atoms with Gasteiger partial charge in [0.1, 0.15) is 11.7 Å². The minimum absolute atomic E-state index is 0.00783. The highest BCUT2D eigenvalue weighted by atomic mass is 35.5. The molecule has 1 aliphatic rings. The average molecular weight is 328 g/mol. The summed E-state index contributed by atoms with van der Waals surface area (Å²) >= 11 is 5.95. The fraction of sp³-hybridized carbons (Fsp3) is 0.667. The predicted molar refractivity (Wildman–Crippen MR) is 85.2 cm³/mol. The van der Waals surface area contributed by atoms with Crippen molar-refractivity contribution < 1.29 is 4.79 Å². The number of carbonyl (C=O) groups is 1. The highest BCUT2D eigenvalue weighted by Crippen LogP contribution is 2.23. The van der Waals surface area contributed by atoms with Gasteiger partial charge in [0.2, 0.25) is 5.91 Å². The van der Waals surface area contributed by atoms with Crippen molar-refractivity contribution in [3.63, 3.8) is 0 Å². The van der Waals surface area contributed by atoms with E-state index in [4.69, 9.17) is 11.6 Å². The lowest BCUT2D eigenvalue weighted by Gasteiger charge is -2.29. The molecule has 2 atom stereocenters. The summed E-state index contributed by atoms with van der Waals surface area (Å²) in [5, 5.41) is 2.97. The predicted octanol–water partition coefficient (Wildman–Crippen LogP) is 1.38. The van der Waals surface area contributed by atoms with E-state index in [-0.39, 0.29) is 30.2 Å². The van der Waals surface area contributed by atoms with Crippen molar-refractivity contribution >= 4 is 17.5 Å². The molecule has 0 radical (unpaired) electrons. The first-order chi connectivity index (χ1) is 10.4. The molecule has 1 aliphatic carbocycles. The van der Waals surface area contributed by atoms with Gasteiger partial charge < -0.3 is 5.32 Å². The normalized spacial score (nSPS) is 21.6. The Morgan fingerprint density at radius 1 is 1.32 bits per heavy atom. The van der Waals surface area contributed by atoms with Gasteiger partial charge in [0.05, 0.1) is 0 Å². The largest absolute Gasteiger partial charge is 0.352 e. The number of nitrogens with zero attached hydrogens (tertiary/aromatic N) is 2. The number of halogens is 1. The van der Waals surface area contributed by atoms with Gasteiger partial charge in [-0.05, 0) is 25.7 Å². The highest BCUT2D eigenvalue weighted by molar-refractivity contribution is 6.29. The van der Waals surface area contributed by atoms with Crippen molar-refractivity contribution in [3.8, 4) is 0 Å². The van der Waals surface area contributed by atoms with Crippen LogP contribution in [-0.2, 0) is 17.9 Å². The average Bonchev–Trinajstić information content (AvgIpc) is 2.46. The van der Waals surface area contributed by atoms with Crippen LogP contribution in [0.4, 0.5) is 0 Å². The molecule has 1 aromatic heterocycles. The Morgan fingerprint density at radius 3 is 2.64 bits per heavy atom. The van der Waals surface area contributed by atoms with Crippen molar-refractivity contribution in [2.75, 3.05) is 0 Å². The summed E-state index contributed by atoms with van der Waals surface area (Å²) in [5.41, 5.74) is -0.998. The van der Waals surface area contributed by atoms with Crippen molar-refractivity contribution in [2.45, 2.75) is 58.7 Å². The maximum atomic E-state index is 12.2. The van der Waals surface area contributed by atoms with E-state index in [0.29, 0.717) is 5.92 Å². The van der Waals surface area contributed by atoms with Crippen LogP contribution in [0.5, 0.6) is 0 Å². The number of hydrogen-bond acceptors (Lipinski definition) is 3. The minimum atomic E-state index is -0.549. The number of hydrogen-bond donors (Lipinski definition) is 1. The quantitative estimate of drug-likeness (QED) is 0.849. The van der Waals surface area contributed by atoms with Gasteiger partial charge in [-0.2, -0.15) is 0 Å². The van der Waals surface area contributed by atoms with E-state index < -0.39 is 11.2 Å². The molecule has 0 unspecified atom stereocenters. The summed E-state index contributed by atoms with van der Waals surface area (Å²) in [6.45, 7) is 3.91. The van der Waals surface area contributed by atoms with Gasteiger partial charge in [-0.25, -0.2) is 4.79 Å². The van der Waals surface area contributed by atoms with Crippen molar-refractivity contribution in [2.24, 2.45) is 5.92 Å². The van der Waals surface area contributed by atoms with Crippen LogP contribution in [0, 0.1) is 5.92 Å². The molecular formula is C15H22ClN3O3. The lowest BCUT2D eigenvalue weighted by Crippen LogP contribution is -2.46. The van der Waals surface area contributed by atoms with Crippen LogP contribution in [0.25, 0.3) is 0 Å². The van der Waals surface area contributed by atoms with Gasteiger partial charge in [-0.3, -0.25) is 18.7 Å². The molecule has 1 aromatic rings. The smallest absolute Gasteiger partial charge is 0.332 e. The van der Waals surface area contributed by atoms with Crippen molar-refractivity contribution in [1.29, 1.82) is 0 Å². The van der Waals surface area contributed by atoms with Crippen LogP contribution in [0.3, 0.4) is 0 Å². The molecule has 2 rings (SSSR count). The molecule has 0 spiro atoms. The molecule has 1 fully saturated rings. The third-order valence-corrected chi connectivity index (χ3v) is 4.62. The van der Waals surface area contributed by atoms with Crippen LogP contribution in [0.2, 0.25) is 5.15 Å². The van der Waals surface area contributed by atoms with E-state index in [1.807, 2.05) is 0 Å². The molecular weight excluding hydrogens is 306 g/mol. The van der Waals surface area contributed by atoms with Gasteiger partial charge in [0.15, 0.2) is 0 Å². The molecule has 0 aliphatic heterocycles. The second-order valence-electron chi connectivity index (χ2n) is 5.85. The lowest BCUT2D eigenvalue weighted by atomic mass is 9.86. The molecule has 1 heterocycles. The first-order valence-electron chi connectivity index (χ1n) is 7.73. The molecule has 7 heteroatoms. The maximum absolute atomic E-state index is 12.2. The van der Waals surface area contributed by atoms with Crippen LogP contribution in [0.1, 0.15) is 39.5 Å². The zero-order valence-corrected chi connectivity index (χ0v) is 13.7. The highest BCUT2D eigenvalue weighted by Gasteiger charge is 2.23. The fourth-order valence-electron chi connectivity index (χ4n) is 2.95. The Hall–Kier alpha value is -1.56. The van der Waals surface area contributed by atoms with E-state index in [1.165, 1.54) is 12.5 Å². The van der Waals surface area contributed by atoms with Crippen molar-refractivity contribution in [1.82, 2.24) is 14.5 Å². The fourth-order valence-corrected chi connectivity index (χ4v) is 3.18. The van der Waals surface area contributed by atoms with Crippen LogP contribution in [0.15, 0.2) is 15.7 Å². The van der Waals surface area contributed by atoms with Gasteiger partial charge in [-0.1, -0.05) is 31.4 Å². The molecule has 22 heavy (non-hydrogen) atoms. The zero-order chi connectivity index (χ0) is 16.3. The van der Waals surface area contributed by atoms with Gasteiger partial charge in [0, 0.05) is 18.7 Å². The number of nitrogens with one attached hydrogen (secondary N) is 1. The van der Waals surface area contributed by atoms with Crippen molar-refractivity contribution in [3.05, 3.63) is 32.1 Å². The SMILES string of the molecule is CCn1c(=O)cc(Cl)n(CC(=O)N[C@@H]2CCCC[C@@H]2C)c1=O. The molecule has 0 aromatic carbocycles. The minimum Gasteiger partial charge on any atom is -0.352 e. The molecule has 1 amide bonds. The van der Waals surface area contributed by atoms with E-state index in [0.717, 1.165) is 28.4 Å². The Morgan fingerprint density at radius 2 is 2.00 bits per heavy atom. The molecule has 122 valence electrons. The lowest BCUT2D eigenvalue weighted by molar-refractivity contribution is -0.123. The number of aromatic nitrogens is 2. The van der Waals surface area contributed by atoms with E-state index >= 15 is 0 Å². The van der Waals surface area contributed by atoms with E-state index in [9.17, 15) is 14.4 Å². The molecule has 0 bridgehead atoms. The molecule has 1 N–H and O–H groups in total. The summed E-state index contributed by atoms with van der Waals surface area (Å²) in [5.74, 6) is 0.193. The second kappa shape index (κ2) is 7.13. The molecule has 1 saturated carbocycles. The first kappa shape index (κ1) is 16.8. The van der Waals surface area contributed by atoms with Gasteiger partial charge in [-0.15, -0.1) is 0 Å². The van der Waals surface area contributed by atoms with Crippen LogP contribution < -0.4 is 16.6 Å². The van der Waals surface area contributed by atoms with Gasteiger partial charge >= 0.3 is 5.69 Å². The first-order valence-corrected chi connectivity index (χ1v) is 8.11. The van der Waals surface area contributed by atoms with Crippen LogP contribution >= 0.6 is 11.6 Å². The third-order valence-electron chi connectivity index (χ3n) is 4.30. The Labute approximate surface area is 134 Å². The Bertz CT molecular complexity index is 665. The summed E-state index contributed by atoms with van der Waals surface area (Å²) < 4.78 is 2.19. The monoisotopic (exact) mass is 327 g/mol. The van der Waals surface area contributed by atoms with E-state index in [2.05, 4.69) is 12.2 Å². The summed E-state index contributed by atoms with van der Waals surface area (Å²) in [6, 6.07) is 1.32. The van der Waals surface area contributed by atoms with Crippen LogP contribution in [-0.4, -0.2) is 21.1 Å². The Balaban J connectivity index is 2.15. The van der Waals surface area contributed by atoms with Gasteiger partial charge in [0.25, 0.3) is 5.56 Å². The van der Waals surface area contributed by atoms with E-state index in [1.54, 1.807) is 6.92 Å². The number of rotatable bonds is 4. The topological polar surface area (TPSA) is 73.1 Å². The standard InChI is InChI=1S/C15H22ClN3O3/c1-3-18-14(21)8-12(16)19(15(18)22)9-13(20)17-11-7-5-4-6-10(11)2/h8,10-11H,3-7,9H2,1-2H3,(H,17,20)/t10-,11+/m0/s1. The summed E-state index contributed by atoms with van der Waals surface area (Å²) in [4.78, 5) is 36.0. The summed E-state index contributed by atoms with van der Waals surface area (Å²) in [7, 11) is 0.